The third-order valence-electron chi connectivity index (χ3n) is 2.35. The van der Waals surface area contributed by atoms with Crippen LogP contribution in [0.1, 0.15) is 11.3 Å². The Morgan fingerprint density at radius 3 is 2.75 bits per heavy atom. The van der Waals surface area contributed by atoms with E-state index < -0.39 is 12.4 Å². The number of imidazole rings is 1. The Hall–Kier alpha value is -2.51. The van der Waals surface area contributed by atoms with Crippen molar-refractivity contribution in [2.45, 2.75) is 13.5 Å². The van der Waals surface area contributed by atoms with E-state index in [9.17, 15) is 13.2 Å². The van der Waals surface area contributed by atoms with Gasteiger partial charge < -0.3 is 10.5 Å². The molecule has 0 unspecified atom stereocenters. The molecular weight excluding hydrogens is 273 g/mol. The van der Waals surface area contributed by atoms with E-state index in [2.05, 4.69) is 14.8 Å². The van der Waals surface area contributed by atoms with Gasteiger partial charge in [0.15, 0.2) is 0 Å². The first-order valence-electron chi connectivity index (χ1n) is 5.56. The van der Waals surface area contributed by atoms with Gasteiger partial charge in [-0.05, 0) is 19.1 Å². The molecule has 5 nitrogen and oxygen atoms in total. The molecule has 106 valence electrons. The largest absolute Gasteiger partial charge is 0.435 e. The van der Waals surface area contributed by atoms with Gasteiger partial charge >= 0.3 is 6.61 Å². The molecule has 0 bridgehead atoms. The molecule has 1 heterocycles. The van der Waals surface area contributed by atoms with Crippen LogP contribution in [0.15, 0.2) is 29.5 Å². The van der Waals surface area contributed by atoms with Crippen LogP contribution in [0.4, 0.5) is 19.1 Å². The maximum Gasteiger partial charge on any atom is 0.387 e. The summed E-state index contributed by atoms with van der Waals surface area (Å²) in [4.78, 5) is 3.92. The monoisotopic (exact) mass is 284 g/mol. The lowest BCUT2D eigenvalue weighted by Gasteiger charge is -2.05. The molecule has 0 saturated carbocycles. The molecule has 0 aliphatic carbocycles. The zero-order chi connectivity index (χ0) is 14.7. The number of aryl methyl sites for hydroxylation is 1. The lowest BCUT2D eigenvalue weighted by Crippen LogP contribution is -2.03. The SMILES string of the molecule is Cc1cn(N=Cc2ccc(OC(F)F)cc2F)c(N)n1. The topological polar surface area (TPSA) is 65.4 Å². The van der Waals surface area contributed by atoms with Gasteiger partial charge in [0.05, 0.1) is 18.1 Å². The molecule has 0 atom stereocenters. The molecule has 0 aliphatic heterocycles. The number of nitrogens with two attached hydrogens (primary N) is 1. The van der Waals surface area contributed by atoms with Crippen LogP contribution in [0.2, 0.25) is 0 Å². The summed E-state index contributed by atoms with van der Waals surface area (Å²) in [6.45, 7) is -1.26. The molecule has 20 heavy (non-hydrogen) atoms. The summed E-state index contributed by atoms with van der Waals surface area (Å²) in [5, 5.41) is 3.92. The molecular formula is C12H11F3N4O. The minimum Gasteiger partial charge on any atom is -0.435 e. The fourth-order valence-electron chi connectivity index (χ4n) is 1.51. The Morgan fingerprint density at radius 1 is 1.45 bits per heavy atom. The second-order valence-electron chi connectivity index (χ2n) is 3.89. The van der Waals surface area contributed by atoms with Gasteiger partial charge in [-0.25, -0.2) is 14.1 Å². The molecule has 2 aromatic rings. The van der Waals surface area contributed by atoms with E-state index in [1.807, 2.05) is 0 Å². The summed E-state index contributed by atoms with van der Waals surface area (Å²) < 4.78 is 42.9. The van der Waals surface area contributed by atoms with Crippen molar-refractivity contribution in [2.24, 2.45) is 5.10 Å². The van der Waals surface area contributed by atoms with Crippen LogP contribution in [0.25, 0.3) is 0 Å². The fraction of sp³-hybridized carbons (Fsp3) is 0.167. The van der Waals surface area contributed by atoms with Crippen LogP contribution in [0, 0.1) is 12.7 Å². The smallest absolute Gasteiger partial charge is 0.387 e. The molecule has 8 heteroatoms. The van der Waals surface area contributed by atoms with E-state index in [-0.39, 0.29) is 17.3 Å². The third kappa shape index (κ3) is 3.28. The highest BCUT2D eigenvalue weighted by Gasteiger charge is 2.07. The molecule has 0 amide bonds. The normalized spacial score (nSPS) is 11.4. The number of nitrogen functional groups attached to an aromatic ring is 1. The van der Waals surface area contributed by atoms with Gasteiger partial charge in [0, 0.05) is 11.6 Å². The van der Waals surface area contributed by atoms with Gasteiger partial charge in [-0.3, -0.25) is 0 Å². The Morgan fingerprint density at radius 2 is 2.20 bits per heavy atom. The predicted molar refractivity (Wildman–Crippen MR) is 67.4 cm³/mol. The lowest BCUT2D eigenvalue weighted by molar-refractivity contribution is -0.0499. The molecule has 0 spiro atoms. The minimum atomic E-state index is -3.00. The summed E-state index contributed by atoms with van der Waals surface area (Å²) in [5.41, 5.74) is 6.34. The number of halogens is 3. The standard InChI is InChI=1S/C12H11F3N4O/c1-7-6-19(12(16)18-7)17-5-8-2-3-9(4-10(8)13)20-11(14)15/h2-6,11H,1H3,(H2,16,18). The van der Waals surface area contributed by atoms with Crippen LogP contribution in [0.5, 0.6) is 5.75 Å². The molecule has 2 rings (SSSR count). The van der Waals surface area contributed by atoms with Crippen LogP contribution in [-0.2, 0) is 0 Å². The number of hydrogen-bond acceptors (Lipinski definition) is 4. The molecule has 2 N–H and O–H groups in total. The van der Waals surface area contributed by atoms with Gasteiger partial charge in [0.1, 0.15) is 11.6 Å². The van der Waals surface area contributed by atoms with Crippen molar-refractivity contribution in [3.8, 4) is 5.75 Å². The van der Waals surface area contributed by atoms with Gasteiger partial charge in [-0.2, -0.15) is 13.9 Å². The Kier molecular flexibility index (Phi) is 3.92. The molecule has 1 aromatic heterocycles. The lowest BCUT2D eigenvalue weighted by atomic mass is 10.2. The van der Waals surface area contributed by atoms with Crippen LogP contribution in [-0.4, -0.2) is 22.5 Å². The third-order valence-corrected chi connectivity index (χ3v) is 2.35. The summed E-state index contributed by atoms with van der Waals surface area (Å²) in [7, 11) is 0. The average molecular weight is 284 g/mol. The summed E-state index contributed by atoms with van der Waals surface area (Å²) >= 11 is 0. The van der Waals surface area contributed by atoms with Gasteiger partial charge in [-0.15, -0.1) is 0 Å². The second-order valence-corrected chi connectivity index (χ2v) is 3.89. The van der Waals surface area contributed by atoms with Gasteiger partial charge in [-0.1, -0.05) is 0 Å². The highest BCUT2D eigenvalue weighted by atomic mass is 19.3. The quantitative estimate of drug-likeness (QED) is 0.877. The number of benzene rings is 1. The van der Waals surface area contributed by atoms with Crippen molar-refractivity contribution in [1.82, 2.24) is 9.66 Å². The molecule has 0 saturated heterocycles. The van der Waals surface area contributed by atoms with Crippen molar-refractivity contribution in [1.29, 1.82) is 0 Å². The number of aromatic nitrogens is 2. The molecule has 0 fully saturated rings. The number of ether oxygens (including phenoxy) is 1. The van der Waals surface area contributed by atoms with E-state index in [0.29, 0.717) is 5.69 Å². The Balaban J connectivity index is 2.19. The predicted octanol–water partition coefficient (Wildman–Crippen LogP) is 2.40. The van der Waals surface area contributed by atoms with E-state index in [1.54, 1.807) is 13.1 Å². The number of anilines is 1. The number of nitrogens with zero attached hydrogens (tertiary/aromatic N) is 3. The second kappa shape index (κ2) is 5.64. The summed E-state index contributed by atoms with van der Waals surface area (Å²) in [5.74, 6) is -0.827. The number of hydrogen-bond donors (Lipinski definition) is 1. The highest BCUT2D eigenvalue weighted by molar-refractivity contribution is 5.80. The highest BCUT2D eigenvalue weighted by Crippen LogP contribution is 2.17. The van der Waals surface area contributed by atoms with Crippen molar-refractivity contribution < 1.29 is 17.9 Å². The maximum absolute atomic E-state index is 13.6. The minimum absolute atomic E-state index is 0.109. The average Bonchev–Trinajstić information content (AvgIpc) is 2.66. The zero-order valence-electron chi connectivity index (χ0n) is 10.4. The van der Waals surface area contributed by atoms with Crippen molar-refractivity contribution in [3.05, 3.63) is 41.5 Å². The first-order chi connectivity index (χ1) is 9.45. The van der Waals surface area contributed by atoms with E-state index in [1.165, 1.54) is 23.0 Å². The zero-order valence-corrected chi connectivity index (χ0v) is 10.4. The van der Waals surface area contributed by atoms with E-state index >= 15 is 0 Å². The maximum atomic E-state index is 13.6. The fourth-order valence-corrected chi connectivity index (χ4v) is 1.51. The van der Waals surface area contributed by atoms with E-state index in [0.717, 1.165) is 6.07 Å². The number of alkyl halides is 2. The molecule has 1 aromatic carbocycles. The number of rotatable bonds is 4. The van der Waals surface area contributed by atoms with Gasteiger partial charge in [0.2, 0.25) is 5.95 Å². The van der Waals surface area contributed by atoms with Crippen LogP contribution in [0.3, 0.4) is 0 Å². The van der Waals surface area contributed by atoms with E-state index in [4.69, 9.17) is 5.73 Å². The summed E-state index contributed by atoms with van der Waals surface area (Å²) in [6.07, 6.45) is 2.77. The molecule has 0 radical (unpaired) electrons. The Labute approximate surface area is 112 Å². The Bertz CT molecular complexity index is 640. The van der Waals surface area contributed by atoms with Crippen LogP contribution < -0.4 is 10.5 Å². The first kappa shape index (κ1) is 13.9. The van der Waals surface area contributed by atoms with Crippen molar-refractivity contribution in [2.75, 3.05) is 5.73 Å². The first-order valence-corrected chi connectivity index (χ1v) is 5.56. The van der Waals surface area contributed by atoms with Crippen molar-refractivity contribution >= 4 is 12.2 Å². The van der Waals surface area contributed by atoms with Crippen LogP contribution >= 0.6 is 0 Å². The summed E-state index contributed by atoms with van der Waals surface area (Å²) in [6, 6.07) is 3.35. The van der Waals surface area contributed by atoms with Gasteiger partial charge in [0.25, 0.3) is 0 Å². The van der Waals surface area contributed by atoms with Crippen molar-refractivity contribution in [3.63, 3.8) is 0 Å². The molecule has 0 aliphatic rings.